The maximum absolute atomic E-state index is 6.12. The molecule has 12 aromatic rings. The maximum atomic E-state index is 6.12. The second-order valence-electron chi connectivity index (χ2n) is 16.1. The van der Waals surface area contributed by atoms with Gasteiger partial charge in [0.25, 0.3) is 0 Å². The van der Waals surface area contributed by atoms with E-state index < -0.39 is 0 Å². The zero-order valence-electron chi connectivity index (χ0n) is 34.4. The fourth-order valence-electron chi connectivity index (χ4n) is 9.26. The number of rotatable bonds is 8. The Morgan fingerprint density at radius 3 is 1.27 bits per heavy atom. The minimum Gasteiger partial charge on any atom is -0.456 e. The van der Waals surface area contributed by atoms with Crippen molar-refractivity contribution in [3.05, 3.63) is 243 Å². The van der Waals surface area contributed by atoms with Crippen molar-refractivity contribution < 1.29 is 4.42 Å². The van der Waals surface area contributed by atoms with Gasteiger partial charge in [-0.3, -0.25) is 0 Å². The number of nitrogens with zero attached hydrogens (tertiary/aromatic N) is 2. The van der Waals surface area contributed by atoms with Gasteiger partial charge < -0.3 is 13.9 Å². The average Bonchev–Trinajstić information content (AvgIpc) is 3.90. The molecule has 0 fully saturated rings. The topological polar surface area (TPSA) is 21.3 Å². The highest BCUT2D eigenvalue weighted by Gasteiger charge is 2.16. The lowest BCUT2D eigenvalue weighted by molar-refractivity contribution is 0.669. The summed E-state index contributed by atoms with van der Waals surface area (Å²) in [5.74, 6) is 0. The summed E-state index contributed by atoms with van der Waals surface area (Å²) in [6.07, 6.45) is 0. The lowest BCUT2D eigenvalue weighted by Gasteiger charge is -2.26. The predicted molar refractivity (Wildman–Crippen MR) is 264 cm³/mol. The minimum atomic E-state index is 0.905. The molecule has 0 N–H and O–H groups in total. The fourth-order valence-corrected chi connectivity index (χ4v) is 9.26. The Hall–Kier alpha value is -8.40. The second kappa shape index (κ2) is 15.3. The number of aromatic nitrogens is 1. The van der Waals surface area contributed by atoms with Gasteiger partial charge in [-0.05, 0) is 129 Å². The molecular formula is C60H40N2O. The van der Waals surface area contributed by atoms with E-state index in [-0.39, 0.29) is 0 Å². The molecule has 0 saturated carbocycles. The summed E-state index contributed by atoms with van der Waals surface area (Å²) in [4.78, 5) is 2.34. The van der Waals surface area contributed by atoms with E-state index in [0.717, 1.165) is 50.1 Å². The third kappa shape index (κ3) is 6.55. The lowest BCUT2D eigenvalue weighted by Crippen LogP contribution is -2.09. The Bertz CT molecular complexity index is 3570. The molecule has 0 aliphatic heterocycles. The van der Waals surface area contributed by atoms with Crippen molar-refractivity contribution in [2.24, 2.45) is 0 Å². The van der Waals surface area contributed by atoms with Gasteiger partial charge in [0.15, 0.2) is 0 Å². The highest BCUT2D eigenvalue weighted by Crippen LogP contribution is 2.40. The van der Waals surface area contributed by atoms with E-state index in [1.165, 1.54) is 60.9 Å². The number of fused-ring (bicyclic) bond motifs is 6. The van der Waals surface area contributed by atoms with Crippen molar-refractivity contribution in [1.29, 1.82) is 0 Å². The van der Waals surface area contributed by atoms with E-state index in [4.69, 9.17) is 4.42 Å². The van der Waals surface area contributed by atoms with Crippen LogP contribution in [0.4, 0.5) is 17.1 Å². The number of hydrogen-bond donors (Lipinski definition) is 0. The number of para-hydroxylation sites is 3. The van der Waals surface area contributed by atoms with Gasteiger partial charge in [0.1, 0.15) is 11.2 Å². The molecule has 3 nitrogen and oxygen atoms in total. The first-order valence-electron chi connectivity index (χ1n) is 21.5. The standard InChI is InChI=1S/C60H40N2O/c1-3-11-41(12-4-1)43-23-31-50(32-24-43)61(52-35-27-46(28-36-52)48-30-38-60-56(40-48)54-16-8-10-18-59(54)63-60)51-33-25-44(26-34-51)42-19-21-45(22-20-42)47-29-37-58-55(39-47)53-15-7-9-17-57(53)62(58)49-13-5-2-6-14-49/h1-40H. The van der Waals surface area contributed by atoms with Crippen molar-refractivity contribution in [2.75, 3.05) is 4.90 Å². The van der Waals surface area contributed by atoms with Crippen LogP contribution < -0.4 is 4.90 Å². The van der Waals surface area contributed by atoms with E-state index in [1.807, 2.05) is 12.1 Å². The number of anilines is 3. The fraction of sp³-hybridized carbons (Fsp3) is 0. The van der Waals surface area contributed by atoms with E-state index >= 15 is 0 Å². The smallest absolute Gasteiger partial charge is 0.135 e. The first-order chi connectivity index (χ1) is 31.2. The van der Waals surface area contributed by atoms with Gasteiger partial charge in [-0.15, -0.1) is 0 Å². The molecule has 2 heterocycles. The Balaban J connectivity index is 0.860. The zero-order chi connectivity index (χ0) is 41.7. The van der Waals surface area contributed by atoms with Crippen molar-refractivity contribution in [2.45, 2.75) is 0 Å². The van der Waals surface area contributed by atoms with Crippen LogP contribution in [0, 0.1) is 0 Å². The van der Waals surface area contributed by atoms with Crippen molar-refractivity contribution in [1.82, 2.24) is 4.57 Å². The van der Waals surface area contributed by atoms with Crippen LogP contribution in [-0.4, -0.2) is 4.57 Å². The van der Waals surface area contributed by atoms with E-state index in [0.29, 0.717) is 0 Å². The van der Waals surface area contributed by atoms with Crippen molar-refractivity contribution >= 4 is 60.8 Å². The third-order valence-electron chi connectivity index (χ3n) is 12.4. The normalized spacial score (nSPS) is 11.5. The first-order valence-corrected chi connectivity index (χ1v) is 21.5. The zero-order valence-corrected chi connectivity index (χ0v) is 34.4. The molecule has 0 aliphatic carbocycles. The molecule has 12 rings (SSSR count). The first kappa shape index (κ1) is 36.5. The summed E-state index contributed by atoms with van der Waals surface area (Å²) in [6.45, 7) is 0. The van der Waals surface area contributed by atoms with E-state index in [2.05, 4.69) is 240 Å². The van der Waals surface area contributed by atoms with Gasteiger partial charge in [-0.25, -0.2) is 0 Å². The minimum absolute atomic E-state index is 0.905. The molecule has 63 heavy (non-hydrogen) atoms. The molecular weight excluding hydrogens is 765 g/mol. The lowest BCUT2D eigenvalue weighted by atomic mass is 9.98. The Labute approximate surface area is 366 Å². The number of hydrogen-bond acceptors (Lipinski definition) is 2. The third-order valence-corrected chi connectivity index (χ3v) is 12.4. The van der Waals surface area contributed by atoms with Crippen LogP contribution in [0.15, 0.2) is 247 Å². The molecule has 2 aromatic heterocycles. The molecule has 0 radical (unpaired) electrons. The predicted octanol–water partition coefficient (Wildman–Crippen LogP) is 16.8. The highest BCUT2D eigenvalue weighted by molar-refractivity contribution is 6.10. The van der Waals surface area contributed by atoms with Gasteiger partial charge in [-0.2, -0.15) is 0 Å². The molecule has 0 unspecified atom stereocenters. The Kier molecular flexibility index (Phi) is 8.83. The van der Waals surface area contributed by atoms with Crippen LogP contribution in [0.5, 0.6) is 0 Å². The quantitative estimate of drug-likeness (QED) is 0.153. The van der Waals surface area contributed by atoms with Crippen LogP contribution in [0.1, 0.15) is 0 Å². The molecule has 0 spiro atoms. The summed E-state index contributed by atoms with van der Waals surface area (Å²) in [7, 11) is 0. The summed E-state index contributed by atoms with van der Waals surface area (Å²) in [6, 6.07) is 87.1. The molecule has 0 bridgehead atoms. The van der Waals surface area contributed by atoms with Crippen LogP contribution in [0.3, 0.4) is 0 Å². The van der Waals surface area contributed by atoms with E-state index in [1.54, 1.807) is 0 Å². The average molecular weight is 805 g/mol. The van der Waals surface area contributed by atoms with Gasteiger partial charge in [0.2, 0.25) is 0 Å². The summed E-state index contributed by atoms with van der Waals surface area (Å²) >= 11 is 0. The van der Waals surface area contributed by atoms with Crippen LogP contribution in [0.2, 0.25) is 0 Å². The van der Waals surface area contributed by atoms with Gasteiger partial charge in [0.05, 0.1) is 11.0 Å². The number of furan rings is 1. The largest absolute Gasteiger partial charge is 0.456 e. The van der Waals surface area contributed by atoms with Crippen LogP contribution in [-0.2, 0) is 0 Å². The van der Waals surface area contributed by atoms with Crippen molar-refractivity contribution in [3.8, 4) is 50.2 Å². The van der Waals surface area contributed by atoms with Crippen LogP contribution in [0.25, 0.3) is 93.9 Å². The molecule has 0 atom stereocenters. The second-order valence-corrected chi connectivity index (χ2v) is 16.1. The van der Waals surface area contributed by atoms with Crippen LogP contribution >= 0.6 is 0 Å². The molecule has 0 saturated heterocycles. The monoisotopic (exact) mass is 804 g/mol. The Morgan fingerprint density at radius 1 is 0.270 bits per heavy atom. The summed E-state index contributed by atoms with van der Waals surface area (Å²) in [5, 5.41) is 4.78. The van der Waals surface area contributed by atoms with Crippen molar-refractivity contribution in [3.63, 3.8) is 0 Å². The number of benzene rings is 10. The SMILES string of the molecule is c1ccc(-c2ccc(N(c3ccc(-c4ccc(-c5ccc6c(c5)c5ccccc5n6-c5ccccc5)cc4)cc3)c3ccc(-c4ccc5oc6ccccc6c5c4)cc3)cc2)cc1. The summed E-state index contributed by atoms with van der Waals surface area (Å²) < 4.78 is 8.48. The molecule has 296 valence electrons. The molecule has 10 aromatic carbocycles. The van der Waals surface area contributed by atoms with E-state index in [9.17, 15) is 0 Å². The Morgan fingerprint density at radius 2 is 0.667 bits per heavy atom. The molecule has 3 heteroatoms. The van der Waals surface area contributed by atoms with Gasteiger partial charge in [0, 0.05) is 44.3 Å². The van der Waals surface area contributed by atoms with Gasteiger partial charge >= 0.3 is 0 Å². The van der Waals surface area contributed by atoms with Gasteiger partial charge in [-0.1, -0.05) is 158 Å². The maximum Gasteiger partial charge on any atom is 0.135 e. The highest BCUT2D eigenvalue weighted by atomic mass is 16.3. The molecule has 0 amide bonds. The summed E-state index contributed by atoms with van der Waals surface area (Å²) in [5.41, 5.74) is 18.1. The molecule has 0 aliphatic rings.